The minimum atomic E-state index is -0.684. The molecule has 1 aliphatic rings. The second-order valence-corrected chi connectivity index (χ2v) is 5.65. The molecule has 0 saturated carbocycles. The molecule has 0 fully saturated rings. The molecule has 0 aromatic heterocycles. The zero-order valence-electron chi connectivity index (χ0n) is 11.1. The number of hydrogen-bond donors (Lipinski definition) is 3. The Morgan fingerprint density at radius 2 is 1.36 bits per heavy atom. The maximum atomic E-state index is 12.6. The van der Waals surface area contributed by atoms with Crippen molar-refractivity contribution in [2.24, 2.45) is 0 Å². The molecule has 1 aliphatic carbocycles. The Balaban J connectivity index is 2.46. The molecule has 7 heteroatoms. The van der Waals surface area contributed by atoms with Gasteiger partial charge in [-0.15, -0.1) is 0 Å². The van der Waals surface area contributed by atoms with Crippen LogP contribution in [0.1, 0.15) is 37.4 Å². The number of phenols is 3. The van der Waals surface area contributed by atoms with E-state index in [0.717, 1.165) is 12.1 Å². The number of rotatable bonds is 0. The number of carbonyl (C=O) groups excluding carboxylic acids is 2. The first kappa shape index (κ1) is 14.7. The van der Waals surface area contributed by atoms with Gasteiger partial charge in [-0.1, -0.05) is 23.2 Å². The first-order chi connectivity index (χ1) is 10.3. The lowest BCUT2D eigenvalue weighted by Crippen LogP contribution is -2.23. The van der Waals surface area contributed by atoms with Crippen molar-refractivity contribution in [3.05, 3.63) is 50.0 Å². The van der Waals surface area contributed by atoms with Gasteiger partial charge in [-0.25, -0.2) is 0 Å². The molecule has 5 nitrogen and oxygen atoms in total. The molecule has 0 radical (unpaired) electrons. The highest BCUT2D eigenvalue weighted by Crippen LogP contribution is 2.44. The van der Waals surface area contributed by atoms with E-state index in [1.165, 1.54) is 6.92 Å². The summed E-state index contributed by atoms with van der Waals surface area (Å²) in [6, 6.07) is 1.97. The highest BCUT2D eigenvalue weighted by Gasteiger charge is 2.37. The van der Waals surface area contributed by atoms with Gasteiger partial charge in [-0.2, -0.15) is 0 Å². The number of hydrogen-bond acceptors (Lipinski definition) is 5. The number of aromatic hydroxyl groups is 3. The van der Waals surface area contributed by atoms with Crippen LogP contribution in [-0.4, -0.2) is 26.9 Å². The van der Waals surface area contributed by atoms with Gasteiger partial charge in [0, 0.05) is 17.2 Å². The summed E-state index contributed by atoms with van der Waals surface area (Å²) in [5.74, 6) is -2.75. The number of fused-ring (bicyclic) bond motifs is 2. The summed E-state index contributed by atoms with van der Waals surface area (Å²) in [5, 5.41) is 28.9. The Morgan fingerprint density at radius 1 is 0.773 bits per heavy atom. The van der Waals surface area contributed by atoms with Crippen LogP contribution in [0.2, 0.25) is 10.0 Å². The Hall–Kier alpha value is -2.24. The molecule has 22 heavy (non-hydrogen) atoms. The van der Waals surface area contributed by atoms with Crippen LogP contribution in [0, 0.1) is 6.92 Å². The van der Waals surface area contributed by atoms with Crippen molar-refractivity contribution < 1.29 is 24.9 Å². The normalized spacial score (nSPS) is 13.0. The van der Waals surface area contributed by atoms with Gasteiger partial charge in [0.25, 0.3) is 0 Å². The second-order valence-electron chi connectivity index (χ2n) is 4.89. The van der Waals surface area contributed by atoms with Crippen LogP contribution >= 0.6 is 23.2 Å². The number of phenolic OH excluding ortho intramolecular Hbond substituents is 3. The van der Waals surface area contributed by atoms with Crippen molar-refractivity contribution in [1.82, 2.24) is 0 Å². The number of carbonyl (C=O) groups is 2. The zero-order valence-corrected chi connectivity index (χ0v) is 12.6. The van der Waals surface area contributed by atoms with Gasteiger partial charge in [0.1, 0.15) is 17.2 Å². The molecule has 2 aromatic rings. The third-order valence-corrected chi connectivity index (χ3v) is 4.49. The first-order valence-electron chi connectivity index (χ1n) is 6.11. The van der Waals surface area contributed by atoms with Crippen LogP contribution in [0.4, 0.5) is 0 Å². The fraction of sp³-hybridized carbons (Fsp3) is 0.0667. The summed E-state index contributed by atoms with van der Waals surface area (Å²) in [7, 11) is 0. The molecular weight excluding hydrogens is 331 g/mol. The third-order valence-electron chi connectivity index (χ3n) is 3.63. The summed E-state index contributed by atoms with van der Waals surface area (Å²) < 4.78 is 0. The fourth-order valence-electron chi connectivity index (χ4n) is 2.58. The van der Waals surface area contributed by atoms with E-state index in [4.69, 9.17) is 23.2 Å². The third kappa shape index (κ3) is 1.73. The van der Waals surface area contributed by atoms with E-state index in [9.17, 15) is 24.9 Å². The zero-order chi connectivity index (χ0) is 16.3. The van der Waals surface area contributed by atoms with E-state index >= 15 is 0 Å². The molecule has 0 heterocycles. The van der Waals surface area contributed by atoms with Crippen LogP contribution < -0.4 is 0 Å². The van der Waals surface area contributed by atoms with Gasteiger partial charge < -0.3 is 15.3 Å². The van der Waals surface area contributed by atoms with Gasteiger partial charge in [0.2, 0.25) is 0 Å². The number of halogens is 2. The molecular formula is C15H8Cl2O5. The summed E-state index contributed by atoms with van der Waals surface area (Å²) >= 11 is 11.8. The quantitative estimate of drug-likeness (QED) is 0.585. The Morgan fingerprint density at radius 3 is 2.00 bits per heavy atom. The van der Waals surface area contributed by atoms with Crippen LogP contribution in [-0.2, 0) is 0 Å². The summed E-state index contributed by atoms with van der Waals surface area (Å²) in [5.41, 5.74) is -0.437. The standard InChI is InChI=1S/C15H8Cl2O5/c1-4-9-5(2-7(19)12(4)16)14(21)11-10(15(9)22)6(18)3-8(20)13(11)17/h2-3,18-20H,1H3. The summed E-state index contributed by atoms with van der Waals surface area (Å²) in [6.07, 6.45) is 0. The smallest absolute Gasteiger partial charge is 0.198 e. The summed E-state index contributed by atoms with van der Waals surface area (Å²) in [6.45, 7) is 1.48. The molecule has 0 bridgehead atoms. The van der Waals surface area contributed by atoms with Crippen molar-refractivity contribution in [3.63, 3.8) is 0 Å². The van der Waals surface area contributed by atoms with Gasteiger partial charge in [-0.3, -0.25) is 9.59 Å². The van der Waals surface area contributed by atoms with Crippen LogP contribution in [0.15, 0.2) is 12.1 Å². The van der Waals surface area contributed by atoms with E-state index in [1.807, 2.05) is 0 Å². The van der Waals surface area contributed by atoms with E-state index in [0.29, 0.717) is 0 Å². The molecule has 3 rings (SSSR count). The Bertz CT molecular complexity index is 882. The maximum Gasteiger partial charge on any atom is 0.198 e. The average Bonchev–Trinajstić information content (AvgIpc) is 2.45. The lowest BCUT2D eigenvalue weighted by molar-refractivity contribution is 0.0975. The van der Waals surface area contributed by atoms with Gasteiger partial charge >= 0.3 is 0 Å². The van der Waals surface area contributed by atoms with Crippen molar-refractivity contribution in [1.29, 1.82) is 0 Å². The van der Waals surface area contributed by atoms with Crippen LogP contribution in [0.3, 0.4) is 0 Å². The van der Waals surface area contributed by atoms with Crippen molar-refractivity contribution >= 4 is 34.8 Å². The number of benzene rings is 2. The van der Waals surface area contributed by atoms with Gasteiger partial charge in [0.15, 0.2) is 11.6 Å². The SMILES string of the molecule is Cc1c(Cl)c(O)cc2c1C(=O)c1c(O)cc(O)c(Cl)c1C2=O. The predicted octanol–water partition coefficient (Wildman–Crippen LogP) is 3.19. The topological polar surface area (TPSA) is 94.8 Å². The minimum Gasteiger partial charge on any atom is -0.507 e. The largest absolute Gasteiger partial charge is 0.507 e. The highest BCUT2D eigenvalue weighted by atomic mass is 35.5. The maximum absolute atomic E-state index is 12.6. The molecule has 0 amide bonds. The molecule has 0 atom stereocenters. The first-order valence-corrected chi connectivity index (χ1v) is 6.87. The lowest BCUT2D eigenvalue weighted by Gasteiger charge is -2.22. The van der Waals surface area contributed by atoms with E-state index in [-0.39, 0.29) is 43.6 Å². The molecule has 0 unspecified atom stereocenters. The fourth-order valence-corrected chi connectivity index (χ4v) is 2.97. The van der Waals surface area contributed by atoms with Crippen LogP contribution in [0.25, 0.3) is 0 Å². The molecule has 0 spiro atoms. The Kier molecular flexibility index (Phi) is 3.09. The highest BCUT2D eigenvalue weighted by molar-refractivity contribution is 6.41. The Labute approximate surface area is 134 Å². The number of ketones is 2. The summed E-state index contributed by atoms with van der Waals surface area (Å²) in [4.78, 5) is 25.2. The molecule has 0 saturated heterocycles. The monoisotopic (exact) mass is 338 g/mol. The van der Waals surface area contributed by atoms with E-state index < -0.39 is 23.1 Å². The molecule has 3 N–H and O–H groups in total. The minimum absolute atomic E-state index is 0.00245. The van der Waals surface area contributed by atoms with Crippen molar-refractivity contribution in [3.8, 4) is 17.2 Å². The average molecular weight is 339 g/mol. The molecule has 0 aliphatic heterocycles. The molecule has 112 valence electrons. The second kappa shape index (κ2) is 4.63. The lowest BCUT2D eigenvalue weighted by atomic mass is 9.81. The van der Waals surface area contributed by atoms with Gasteiger partial charge in [-0.05, 0) is 18.6 Å². The predicted molar refractivity (Wildman–Crippen MR) is 79.5 cm³/mol. The van der Waals surface area contributed by atoms with E-state index in [1.54, 1.807) is 0 Å². The van der Waals surface area contributed by atoms with Crippen molar-refractivity contribution in [2.75, 3.05) is 0 Å². The van der Waals surface area contributed by atoms with E-state index in [2.05, 4.69) is 0 Å². The van der Waals surface area contributed by atoms with Crippen LogP contribution in [0.5, 0.6) is 17.2 Å². The van der Waals surface area contributed by atoms with Gasteiger partial charge in [0.05, 0.1) is 21.2 Å². The molecule has 2 aromatic carbocycles. The van der Waals surface area contributed by atoms with Crippen molar-refractivity contribution in [2.45, 2.75) is 6.92 Å².